The predicted molar refractivity (Wildman–Crippen MR) is 82.9 cm³/mol. The van der Waals surface area contributed by atoms with Crippen LogP contribution < -0.4 is 0 Å². The summed E-state index contributed by atoms with van der Waals surface area (Å²) < 4.78 is 0. The molecule has 0 aliphatic carbocycles. The molecule has 0 amide bonds. The van der Waals surface area contributed by atoms with Crippen molar-refractivity contribution in [3.05, 3.63) is 64.7 Å². The van der Waals surface area contributed by atoms with Crippen molar-refractivity contribution in [2.45, 2.75) is 40.5 Å². The zero-order valence-electron chi connectivity index (χ0n) is 11.5. The van der Waals surface area contributed by atoms with E-state index in [-0.39, 0.29) is 12.8 Å². The van der Waals surface area contributed by atoms with Crippen LogP contribution in [-0.2, 0) is 5.41 Å². The fraction of sp³-hybridized carbons (Fsp3) is 0.333. The van der Waals surface area contributed by atoms with Crippen molar-refractivity contribution in [1.29, 1.82) is 0 Å². The topological polar surface area (TPSA) is 20.2 Å². The number of phenolic OH excluding ortho intramolecular Hbond substituents is 1. The highest BCUT2D eigenvalue weighted by molar-refractivity contribution is 5.43. The van der Waals surface area contributed by atoms with E-state index in [1.807, 2.05) is 13.0 Å². The quantitative estimate of drug-likeness (QED) is 0.804. The fourth-order valence-corrected chi connectivity index (χ4v) is 2.18. The van der Waals surface area contributed by atoms with E-state index in [0.29, 0.717) is 5.75 Å². The average Bonchev–Trinajstić information content (AvgIpc) is 2.33. The molecule has 0 fully saturated rings. The van der Waals surface area contributed by atoms with Gasteiger partial charge in [0.25, 0.3) is 0 Å². The van der Waals surface area contributed by atoms with Crippen LogP contribution in [0, 0.1) is 13.8 Å². The number of hydrogen-bond acceptors (Lipinski definition) is 1. The lowest BCUT2D eigenvalue weighted by Gasteiger charge is -2.26. The summed E-state index contributed by atoms with van der Waals surface area (Å²) in [7, 11) is 0. The lowest BCUT2D eigenvalue weighted by atomic mass is 9.77. The fourth-order valence-electron chi connectivity index (χ4n) is 2.18. The second-order valence-corrected chi connectivity index (χ2v) is 5.49. The Labute approximate surface area is 116 Å². The molecule has 1 nitrogen and oxygen atoms in total. The van der Waals surface area contributed by atoms with Crippen LogP contribution >= 0.6 is 0 Å². The minimum atomic E-state index is -0.0494. The van der Waals surface area contributed by atoms with Gasteiger partial charge in [-0.1, -0.05) is 63.2 Å². The molecular formula is C18H24O. The van der Waals surface area contributed by atoms with Gasteiger partial charge in [0.2, 0.25) is 0 Å². The minimum Gasteiger partial charge on any atom is -0.508 e. The van der Waals surface area contributed by atoms with Gasteiger partial charge in [0.05, 0.1) is 0 Å². The number of aromatic hydroxyl groups is 1. The van der Waals surface area contributed by atoms with Gasteiger partial charge < -0.3 is 5.11 Å². The van der Waals surface area contributed by atoms with Gasteiger partial charge in [-0.3, -0.25) is 0 Å². The highest BCUT2D eigenvalue weighted by atomic mass is 16.3. The van der Waals surface area contributed by atoms with Gasteiger partial charge in [0, 0.05) is 5.41 Å². The van der Waals surface area contributed by atoms with Crippen LogP contribution in [0.25, 0.3) is 0 Å². The molecule has 1 heteroatoms. The first-order valence-electron chi connectivity index (χ1n) is 6.28. The Hall–Kier alpha value is -1.76. The molecule has 0 spiro atoms. The smallest absolute Gasteiger partial charge is 0.118 e. The van der Waals surface area contributed by atoms with E-state index in [1.165, 1.54) is 16.7 Å². The summed E-state index contributed by atoms with van der Waals surface area (Å²) in [5.41, 5.74) is 4.66. The summed E-state index contributed by atoms with van der Waals surface area (Å²) in [5, 5.41) is 9.62. The van der Waals surface area contributed by atoms with Gasteiger partial charge in [-0.15, -0.1) is 0 Å². The SMILES string of the molecule is C.Cc1ccc(C(C)(C)c2ccc(O)c(C)c2)cc1. The average molecular weight is 256 g/mol. The van der Waals surface area contributed by atoms with Crippen molar-refractivity contribution in [2.75, 3.05) is 0 Å². The van der Waals surface area contributed by atoms with Gasteiger partial charge in [-0.05, 0) is 36.6 Å². The summed E-state index contributed by atoms with van der Waals surface area (Å²) in [4.78, 5) is 0. The zero-order valence-corrected chi connectivity index (χ0v) is 11.5. The molecule has 2 aromatic carbocycles. The van der Waals surface area contributed by atoms with E-state index in [2.05, 4.69) is 51.1 Å². The first-order chi connectivity index (χ1) is 8.41. The molecule has 0 atom stereocenters. The summed E-state index contributed by atoms with van der Waals surface area (Å²) in [6.07, 6.45) is 0. The Kier molecular flexibility index (Phi) is 4.41. The van der Waals surface area contributed by atoms with Gasteiger partial charge in [0.1, 0.15) is 5.75 Å². The normalized spacial score (nSPS) is 10.9. The summed E-state index contributed by atoms with van der Waals surface area (Å²) in [6, 6.07) is 14.5. The summed E-state index contributed by atoms with van der Waals surface area (Å²) in [5.74, 6) is 0.360. The van der Waals surface area contributed by atoms with E-state index in [0.717, 1.165) is 5.56 Å². The molecule has 2 aromatic rings. The summed E-state index contributed by atoms with van der Waals surface area (Å²) >= 11 is 0. The molecule has 0 unspecified atom stereocenters. The van der Waals surface area contributed by atoms with E-state index in [4.69, 9.17) is 0 Å². The van der Waals surface area contributed by atoms with Gasteiger partial charge in [-0.2, -0.15) is 0 Å². The highest BCUT2D eigenvalue weighted by Gasteiger charge is 2.23. The molecule has 0 aromatic heterocycles. The number of aryl methyl sites for hydroxylation is 2. The highest BCUT2D eigenvalue weighted by Crippen LogP contribution is 2.33. The molecule has 0 radical (unpaired) electrons. The third kappa shape index (κ3) is 2.98. The molecule has 1 N–H and O–H groups in total. The molecule has 0 heterocycles. The molecule has 0 saturated carbocycles. The monoisotopic (exact) mass is 256 g/mol. The molecule has 19 heavy (non-hydrogen) atoms. The maximum absolute atomic E-state index is 9.62. The molecule has 0 saturated heterocycles. The van der Waals surface area contributed by atoms with Crippen molar-refractivity contribution in [3.63, 3.8) is 0 Å². The van der Waals surface area contributed by atoms with Gasteiger partial charge in [-0.25, -0.2) is 0 Å². The van der Waals surface area contributed by atoms with E-state index < -0.39 is 0 Å². The Balaban J connectivity index is 0.00000180. The second kappa shape index (κ2) is 5.48. The van der Waals surface area contributed by atoms with Crippen molar-refractivity contribution >= 4 is 0 Å². The zero-order chi connectivity index (χ0) is 13.3. The number of benzene rings is 2. The van der Waals surface area contributed by atoms with Crippen LogP contribution in [-0.4, -0.2) is 5.11 Å². The van der Waals surface area contributed by atoms with Gasteiger partial charge >= 0.3 is 0 Å². The molecule has 102 valence electrons. The lowest BCUT2D eigenvalue weighted by molar-refractivity contribution is 0.470. The van der Waals surface area contributed by atoms with Crippen LogP contribution in [0.5, 0.6) is 5.75 Å². The predicted octanol–water partition coefficient (Wildman–Crippen LogP) is 4.97. The molecule has 2 rings (SSSR count). The van der Waals surface area contributed by atoms with Crippen molar-refractivity contribution < 1.29 is 5.11 Å². The van der Waals surface area contributed by atoms with Crippen LogP contribution in [0.1, 0.15) is 43.5 Å². The number of hydrogen-bond donors (Lipinski definition) is 1. The van der Waals surface area contributed by atoms with Crippen LogP contribution in [0.15, 0.2) is 42.5 Å². The molecule has 0 aliphatic heterocycles. The largest absolute Gasteiger partial charge is 0.508 e. The summed E-state index contributed by atoms with van der Waals surface area (Å²) in [6.45, 7) is 8.46. The van der Waals surface area contributed by atoms with Gasteiger partial charge in [0.15, 0.2) is 0 Å². The standard InChI is InChI=1S/C17H20O.CH4/c1-12-5-7-14(8-6-12)17(3,4)15-9-10-16(18)13(2)11-15;/h5-11,18H,1-4H3;1H4. The third-order valence-corrected chi connectivity index (χ3v) is 3.69. The molecule has 0 aliphatic rings. The van der Waals surface area contributed by atoms with Crippen molar-refractivity contribution in [1.82, 2.24) is 0 Å². The van der Waals surface area contributed by atoms with Crippen LogP contribution in [0.4, 0.5) is 0 Å². The Bertz CT molecular complexity index is 550. The Morgan fingerprint density at radius 1 is 0.842 bits per heavy atom. The number of rotatable bonds is 2. The second-order valence-electron chi connectivity index (χ2n) is 5.49. The third-order valence-electron chi connectivity index (χ3n) is 3.69. The van der Waals surface area contributed by atoms with E-state index in [1.54, 1.807) is 6.07 Å². The lowest BCUT2D eigenvalue weighted by Crippen LogP contribution is -2.18. The van der Waals surface area contributed by atoms with Crippen molar-refractivity contribution in [2.24, 2.45) is 0 Å². The van der Waals surface area contributed by atoms with Crippen molar-refractivity contribution in [3.8, 4) is 5.75 Å². The number of phenols is 1. The minimum absolute atomic E-state index is 0. The first-order valence-corrected chi connectivity index (χ1v) is 6.28. The Morgan fingerprint density at radius 2 is 1.37 bits per heavy atom. The molecule has 0 bridgehead atoms. The Morgan fingerprint density at radius 3 is 1.89 bits per heavy atom. The maximum atomic E-state index is 9.62. The van der Waals surface area contributed by atoms with Crippen LogP contribution in [0.2, 0.25) is 0 Å². The maximum Gasteiger partial charge on any atom is 0.118 e. The van der Waals surface area contributed by atoms with Crippen LogP contribution in [0.3, 0.4) is 0 Å². The van der Waals surface area contributed by atoms with E-state index in [9.17, 15) is 5.11 Å². The first kappa shape index (κ1) is 15.3. The van der Waals surface area contributed by atoms with E-state index >= 15 is 0 Å². The molecular weight excluding hydrogens is 232 g/mol.